The second-order valence-corrected chi connectivity index (χ2v) is 4.24. The summed E-state index contributed by atoms with van der Waals surface area (Å²) in [6, 6.07) is 4.28. The summed E-state index contributed by atoms with van der Waals surface area (Å²) in [6.07, 6.45) is 4.96. The molecule has 0 aliphatic rings. The summed E-state index contributed by atoms with van der Waals surface area (Å²) >= 11 is 0. The Morgan fingerprint density at radius 2 is 2.17 bits per heavy atom. The van der Waals surface area contributed by atoms with Gasteiger partial charge in [-0.3, -0.25) is 0 Å². The number of rotatable bonds is 11. The van der Waals surface area contributed by atoms with E-state index in [0.717, 1.165) is 38.2 Å². The lowest BCUT2D eigenvalue weighted by atomic mass is 10.1. The van der Waals surface area contributed by atoms with Crippen LogP contribution >= 0.6 is 0 Å². The van der Waals surface area contributed by atoms with Crippen molar-refractivity contribution in [3.8, 4) is 0 Å². The molecule has 0 saturated carbocycles. The lowest BCUT2D eigenvalue weighted by Crippen LogP contribution is -2.21. The van der Waals surface area contributed by atoms with Crippen molar-refractivity contribution >= 4 is 0 Å². The minimum absolute atomic E-state index is 0.328. The molecule has 0 radical (unpaired) electrons. The third-order valence-corrected chi connectivity index (χ3v) is 2.83. The molecule has 1 unspecified atom stereocenters. The fourth-order valence-electron chi connectivity index (χ4n) is 1.79. The van der Waals surface area contributed by atoms with Crippen molar-refractivity contribution in [1.82, 2.24) is 5.32 Å². The number of hydrogen-bond acceptors (Lipinski definition) is 4. The molecule has 0 aromatic carbocycles. The van der Waals surface area contributed by atoms with Crippen molar-refractivity contribution in [2.24, 2.45) is 0 Å². The highest BCUT2D eigenvalue weighted by atomic mass is 16.5. The van der Waals surface area contributed by atoms with E-state index < -0.39 is 0 Å². The van der Waals surface area contributed by atoms with E-state index in [-0.39, 0.29) is 0 Å². The summed E-state index contributed by atoms with van der Waals surface area (Å²) in [5.41, 5.74) is 0. The van der Waals surface area contributed by atoms with Crippen LogP contribution < -0.4 is 5.32 Å². The molecule has 1 atom stereocenters. The maximum absolute atomic E-state index is 5.41. The van der Waals surface area contributed by atoms with E-state index in [4.69, 9.17) is 13.9 Å². The Kier molecular flexibility index (Phi) is 8.55. The highest BCUT2D eigenvalue weighted by molar-refractivity contribution is 5.03. The fraction of sp³-hybridized carbons (Fsp3) is 0.714. The van der Waals surface area contributed by atoms with E-state index in [9.17, 15) is 0 Å². The third kappa shape index (κ3) is 6.19. The number of ether oxygens (including phenoxy) is 2. The van der Waals surface area contributed by atoms with E-state index >= 15 is 0 Å². The molecule has 1 N–H and O–H groups in total. The smallest absolute Gasteiger partial charge is 0.120 e. The van der Waals surface area contributed by atoms with Crippen LogP contribution in [0.15, 0.2) is 22.8 Å². The average Bonchev–Trinajstić information content (AvgIpc) is 2.91. The summed E-state index contributed by atoms with van der Waals surface area (Å²) in [6.45, 7) is 5.33. The first-order valence-corrected chi connectivity index (χ1v) is 6.72. The van der Waals surface area contributed by atoms with E-state index in [1.807, 2.05) is 12.1 Å². The molecule has 0 fully saturated rings. The molecule has 0 spiro atoms. The summed E-state index contributed by atoms with van der Waals surface area (Å²) in [7, 11) is 1.69. The Balaban J connectivity index is 1.99. The van der Waals surface area contributed by atoms with Crippen LogP contribution in [0.1, 0.15) is 38.0 Å². The predicted octanol–water partition coefficient (Wildman–Crippen LogP) is 2.76. The van der Waals surface area contributed by atoms with Gasteiger partial charge in [-0.2, -0.15) is 0 Å². The lowest BCUT2D eigenvalue weighted by molar-refractivity contribution is 0.0687. The normalized spacial score (nSPS) is 12.8. The Morgan fingerprint density at radius 3 is 2.83 bits per heavy atom. The average molecular weight is 255 g/mol. The minimum atomic E-state index is 0.328. The standard InChI is InChI=1S/C14H25NO3/c1-3-13(14-7-6-10-18-14)15-8-4-5-9-17-12-11-16-2/h6-7,10,13,15H,3-5,8-9,11-12H2,1-2H3. The number of methoxy groups -OCH3 is 1. The molecule has 1 aromatic rings. The number of furan rings is 1. The van der Waals surface area contributed by atoms with Gasteiger partial charge in [0.1, 0.15) is 5.76 Å². The second kappa shape index (κ2) is 10.1. The van der Waals surface area contributed by atoms with Crippen LogP contribution in [0.4, 0.5) is 0 Å². The zero-order valence-electron chi connectivity index (χ0n) is 11.5. The fourth-order valence-corrected chi connectivity index (χ4v) is 1.79. The Bertz CT molecular complexity index is 275. The van der Waals surface area contributed by atoms with E-state index in [2.05, 4.69) is 12.2 Å². The van der Waals surface area contributed by atoms with Gasteiger partial charge in [-0.1, -0.05) is 6.92 Å². The van der Waals surface area contributed by atoms with Crippen molar-refractivity contribution in [3.63, 3.8) is 0 Å². The van der Waals surface area contributed by atoms with Crippen molar-refractivity contribution in [3.05, 3.63) is 24.2 Å². The zero-order chi connectivity index (χ0) is 13.1. The first-order chi connectivity index (χ1) is 8.88. The van der Waals surface area contributed by atoms with Crippen LogP contribution in [0.3, 0.4) is 0 Å². The van der Waals surface area contributed by atoms with Gasteiger partial charge in [-0.05, 0) is 37.9 Å². The van der Waals surface area contributed by atoms with Crippen molar-refractivity contribution < 1.29 is 13.9 Å². The highest BCUT2D eigenvalue weighted by Gasteiger charge is 2.10. The zero-order valence-corrected chi connectivity index (χ0v) is 11.5. The highest BCUT2D eigenvalue weighted by Crippen LogP contribution is 2.16. The number of nitrogens with one attached hydrogen (secondary N) is 1. The first kappa shape index (κ1) is 15.2. The second-order valence-electron chi connectivity index (χ2n) is 4.24. The molecule has 1 rings (SSSR count). The maximum Gasteiger partial charge on any atom is 0.120 e. The summed E-state index contributed by atoms with van der Waals surface area (Å²) in [4.78, 5) is 0. The van der Waals surface area contributed by atoms with E-state index in [0.29, 0.717) is 19.3 Å². The topological polar surface area (TPSA) is 43.6 Å². The van der Waals surface area contributed by atoms with Gasteiger partial charge in [0, 0.05) is 13.7 Å². The van der Waals surface area contributed by atoms with Crippen LogP contribution in [0, 0.1) is 0 Å². The quantitative estimate of drug-likeness (QED) is 0.617. The third-order valence-electron chi connectivity index (χ3n) is 2.83. The molecule has 0 saturated heterocycles. The van der Waals surface area contributed by atoms with Gasteiger partial charge in [0.2, 0.25) is 0 Å². The van der Waals surface area contributed by atoms with Gasteiger partial charge in [-0.25, -0.2) is 0 Å². The molecular formula is C14H25NO3. The molecule has 1 aromatic heterocycles. The maximum atomic E-state index is 5.41. The molecule has 0 amide bonds. The Morgan fingerprint density at radius 1 is 1.28 bits per heavy atom. The molecular weight excluding hydrogens is 230 g/mol. The molecule has 104 valence electrons. The molecule has 4 nitrogen and oxygen atoms in total. The minimum Gasteiger partial charge on any atom is -0.468 e. The molecule has 0 bridgehead atoms. The van der Waals surface area contributed by atoms with Crippen LogP contribution in [0.25, 0.3) is 0 Å². The Labute approximate surface area is 110 Å². The van der Waals surface area contributed by atoms with Crippen LogP contribution in [0.2, 0.25) is 0 Å². The van der Waals surface area contributed by atoms with Gasteiger partial charge in [-0.15, -0.1) is 0 Å². The van der Waals surface area contributed by atoms with E-state index in [1.54, 1.807) is 13.4 Å². The molecule has 18 heavy (non-hydrogen) atoms. The van der Waals surface area contributed by atoms with E-state index in [1.165, 1.54) is 0 Å². The van der Waals surface area contributed by atoms with Crippen molar-refractivity contribution in [1.29, 1.82) is 0 Å². The number of hydrogen-bond donors (Lipinski definition) is 1. The summed E-state index contributed by atoms with van der Waals surface area (Å²) in [5.74, 6) is 1.02. The monoisotopic (exact) mass is 255 g/mol. The van der Waals surface area contributed by atoms with Crippen LogP contribution in [-0.2, 0) is 9.47 Å². The van der Waals surface area contributed by atoms with Crippen molar-refractivity contribution in [2.75, 3.05) is 33.5 Å². The van der Waals surface area contributed by atoms with Gasteiger partial charge >= 0.3 is 0 Å². The molecule has 0 aliphatic carbocycles. The molecule has 4 heteroatoms. The molecule has 0 aliphatic heterocycles. The van der Waals surface area contributed by atoms with Crippen molar-refractivity contribution in [2.45, 2.75) is 32.2 Å². The first-order valence-electron chi connectivity index (χ1n) is 6.72. The van der Waals surface area contributed by atoms with Gasteiger partial charge in [0.15, 0.2) is 0 Å². The van der Waals surface area contributed by atoms with Crippen LogP contribution in [-0.4, -0.2) is 33.5 Å². The van der Waals surface area contributed by atoms with Crippen LogP contribution in [0.5, 0.6) is 0 Å². The summed E-state index contributed by atoms with van der Waals surface area (Å²) < 4.78 is 15.7. The Hall–Kier alpha value is -0.840. The predicted molar refractivity (Wildman–Crippen MR) is 71.7 cm³/mol. The largest absolute Gasteiger partial charge is 0.468 e. The number of unbranched alkanes of at least 4 members (excludes halogenated alkanes) is 1. The van der Waals surface area contributed by atoms with Gasteiger partial charge in [0.25, 0.3) is 0 Å². The SMILES string of the molecule is CCC(NCCCCOCCOC)c1ccco1. The lowest BCUT2D eigenvalue weighted by Gasteiger charge is -2.14. The van der Waals surface area contributed by atoms with Gasteiger partial charge < -0.3 is 19.2 Å². The summed E-state index contributed by atoms with van der Waals surface area (Å²) in [5, 5.41) is 3.50. The van der Waals surface area contributed by atoms with Gasteiger partial charge in [0.05, 0.1) is 25.5 Å². The molecule has 1 heterocycles.